The molecule has 2 nitrogen and oxygen atoms in total. The Morgan fingerprint density at radius 1 is 1.06 bits per heavy atom. The van der Waals surface area contributed by atoms with Crippen molar-refractivity contribution in [1.29, 1.82) is 0 Å². The van der Waals surface area contributed by atoms with Gasteiger partial charge >= 0.3 is 0 Å². The Hall–Kier alpha value is -1.32. The van der Waals surface area contributed by atoms with Crippen molar-refractivity contribution in [1.82, 2.24) is 4.98 Å². The van der Waals surface area contributed by atoms with Crippen LogP contribution in [0, 0.1) is 5.95 Å². The Balaban J connectivity index is 2.59. The Morgan fingerprint density at radius 2 is 1.81 bits per heavy atom. The van der Waals surface area contributed by atoms with Crippen LogP contribution >= 0.6 is 23.2 Å². The van der Waals surface area contributed by atoms with E-state index in [-0.39, 0.29) is 5.56 Å². The number of benzene rings is 1. The molecule has 2 aromatic rings. The first-order valence-electron chi connectivity index (χ1n) is 4.42. The molecule has 0 radical (unpaired) electrons. The lowest BCUT2D eigenvalue weighted by molar-refractivity contribution is 0.583. The molecule has 5 heteroatoms. The van der Waals surface area contributed by atoms with Gasteiger partial charge in [-0.1, -0.05) is 29.3 Å². The minimum atomic E-state index is -0.689. The van der Waals surface area contributed by atoms with Crippen molar-refractivity contribution in [2.24, 2.45) is 0 Å². The van der Waals surface area contributed by atoms with Gasteiger partial charge in [0.05, 0.1) is 10.0 Å². The molecule has 0 amide bonds. The van der Waals surface area contributed by atoms with E-state index in [0.717, 1.165) is 0 Å². The maximum Gasteiger partial charge on any atom is 0.250 e. The molecule has 0 saturated heterocycles. The molecule has 0 unspecified atom stereocenters. The predicted molar refractivity (Wildman–Crippen MR) is 62.5 cm³/mol. The summed E-state index contributed by atoms with van der Waals surface area (Å²) in [4.78, 5) is 12.9. The van der Waals surface area contributed by atoms with Crippen molar-refractivity contribution >= 4 is 23.2 Å². The fourth-order valence-corrected chi connectivity index (χ4v) is 1.63. The lowest BCUT2D eigenvalue weighted by atomic mass is 10.1. The normalized spacial score (nSPS) is 10.4. The van der Waals surface area contributed by atoms with Gasteiger partial charge in [-0.2, -0.15) is 4.39 Å². The molecule has 0 aliphatic rings. The molecule has 0 aliphatic heterocycles. The summed E-state index contributed by atoms with van der Waals surface area (Å²) in [5.41, 5.74) is 0.350. The minimum absolute atomic E-state index is 0.276. The van der Waals surface area contributed by atoms with Crippen LogP contribution in [-0.4, -0.2) is 4.98 Å². The van der Waals surface area contributed by atoms with E-state index in [0.29, 0.717) is 15.6 Å². The number of rotatable bonds is 1. The first-order chi connectivity index (χ1) is 7.58. The average molecular weight is 258 g/mol. The molecule has 0 atom stereocenters. The number of hydrogen-bond acceptors (Lipinski definition) is 1. The van der Waals surface area contributed by atoms with E-state index in [1.54, 1.807) is 18.2 Å². The second kappa shape index (κ2) is 4.28. The Morgan fingerprint density at radius 3 is 2.44 bits per heavy atom. The van der Waals surface area contributed by atoms with E-state index in [4.69, 9.17) is 23.2 Å². The van der Waals surface area contributed by atoms with Crippen LogP contribution in [0.4, 0.5) is 4.39 Å². The molecule has 0 saturated carbocycles. The standard InChI is InChI=1S/C11H6Cl2FNO/c12-8-3-1-6(5-9(8)13)7-2-4-10(16)15-11(7)14/h1-5H,(H,15,16). The number of aromatic nitrogens is 1. The SMILES string of the molecule is O=c1ccc(-c2ccc(Cl)c(Cl)c2)c(F)[nH]1. The lowest BCUT2D eigenvalue weighted by Gasteiger charge is -2.04. The minimum Gasteiger partial charge on any atom is -0.298 e. The van der Waals surface area contributed by atoms with Gasteiger partial charge in [0.15, 0.2) is 0 Å². The average Bonchev–Trinajstić information content (AvgIpc) is 2.22. The van der Waals surface area contributed by atoms with Crippen LogP contribution in [0.1, 0.15) is 0 Å². The molecule has 82 valence electrons. The smallest absolute Gasteiger partial charge is 0.250 e. The van der Waals surface area contributed by atoms with Gasteiger partial charge in [-0.15, -0.1) is 0 Å². The molecular weight excluding hydrogens is 252 g/mol. The van der Waals surface area contributed by atoms with E-state index in [2.05, 4.69) is 4.98 Å². The predicted octanol–water partition coefficient (Wildman–Crippen LogP) is 3.49. The molecule has 0 fully saturated rings. The molecule has 1 heterocycles. The molecule has 0 spiro atoms. The van der Waals surface area contributed by atoms with Crippen LogP contribution in [0.25, 0.3) is 11.1 Å². The van der Waals surface area contributed by atoms with Crippen LogP contribution in [0.3, 0.4) is 0 Å². The topological polar surface area (TPSA) is 32.9 Å². The van der Waals surface area contributed by atoms with Gasteiger partial charge < -0.3 is 0 Å². The van der Waals surface area contributed by atoms with Crippen LogP contribution in [0.2, 0.25) is 10.0 Å². The molecule has 1 aromatic carbocycles. The van der Waals surface area contributed by atoms with Crippen LogP contribution in [0.15, 0.2) is 35.1 Å². The number of H-pyrrole nitrogens is 1. The summed E-state index contributed by atoms with van der Waals surface area (Å²) in [5.74, 6) is -0.689. The first kappa shape index (κ1) is 11.2. The first-order valence-corrected chi connectivity index (χ1v) is 5.18. The van der Waals surface area contributed by atoms with Gasteiger partial charge in [0, 0.05) is 11.6 Å². The van der Waals surface area contributed by atoms with Gasteiger partial charge in [0.1, 0.15) is 0 Å². The summed E-state index contributed by atoms with van der Waals surface area (Å²) >= 11 is 11.6. The highest BCUT2D eigenvalue weighted by atomic mass is 35.5. The maximum absolute atomic E-state index is 13.4. The summed E-state index contributed by atoms with van der Waals surface area (Å²) in [6, 6.07) is 7.39. The van der Waals surface area contributed by atoms with E-state index >= 15 is 0 Å². The quantitative estimate of drug-likeness (QED) is 0.780. The molecular formula is C11H6Cl2FNO. The highest BCUT2D eigenvalue weighted by molar-refractivity contribution is 6.42. The third-order valence-electron chi connectivity index (χ3n) is 2.10. The number of hydrogen-bond donors (Lipinski definition) is 1. The maximum atomic E-state index is 13.4. The van der Waals surface area contributed by atoms with E-state index < -0.39 is 11.5 Å². The van der Waals surface area contributed by atoms with Gasteiger partial charge in [0.25, 0.3) is 0 Å². The Bertz CT molecular complexity index is 595. The van der Waals surface area contributed by atoms with Gasteiger partial charge in [0.2, 0.25) is 11.5 Å². The number of pyridine rings is 1. The summed E-state index contributed by atoms with van der Waals surface area (Å²) in [6.45, 7) is 0. The summed E-state index contributed by atoms with van der Waals surface area (Å²) < 4.78 is 13.4. The zero-order valence-corrected chi connectivity index (χ0v) is 9.44. The third-order valence-corrected chi connectivity index (χ3v) is 2.84. The molecule has 1 aromatic heterocycles. The van der Waals surface area contributed by atoms with Crippen molar-refractivity contribution in [3.8, 4) is 11.1 Å². The van der Waals surface area contributed by atoms with Gasteiger partial charge in [-0.25, -0.2) is 0 Å². The number of nitrogens with one attached hydrogen (secondary N) is 1. The van der Waals surface area contributed by atoms with E-state index in [1.807, 2.05) is 0 Å². The second-order valence-corrected chi connectivity index (χ2v) is 3.99. The van der Waals surface area contributed by atoms with Crippen molar-refractivity contribution in [2.75, 3.05) is 0 Å². The van der Waals surface area contributed by atoms with Crippen LogP contribution in [-0.2, 0) is 0 Å². The second-order valence-electron chi connectivity index (χ2n) is 3.18. The van der Waals surface area contributed by atoms with Crippen molar-refractivity contribution in [3.05, 3.63) is 56.7 Å². The van der Waals surface area contributed by atoms with Crippen LogP contribution < -0.4 is 5.56 Å². The highest BCUT2D eigenvalue weighted by Crippen LogP contribution is 2.28. The van der Waals surface area contributed by atoms with E-state index in [1.165, 1.54) is 12.1 Å². The largest absolute Gasteiger partial charge is 0.298 e. The Labute approximate surface area is 101 Å². The lowest BCUT2D eigenvalue weighted by Crippen LogP contribution is -2.06. The molecule has 1 N–H and O–H groups in total. The molecule has 2 rings (SSSR count). The fraction of sp³-hybridized carbons (Fsp3) is 0. The van der Waals surface area contributed by atoms with Crippen molar-refractivity contribution in [2.45, 2.75) is 0 Å². The van der Waals surface area contributed by atoms with Crippen LogP contribution in [0.5, 0.6) is 0 Å². The van der Waals surface area contributed by atoms with Crippen molar-refractivity contribution in [3.63, 3.8) is 0 Å². The fourth-order valence-electron chi connectivity index (χ4n) is 1.34. The number of halogens is 3. The monoisotopic (exact) mass is 257 g/mol. The highest BCUT2D eigenvalue weighted by Gasteiger charge is 2.07. The zero-order valence-electron chi connectivity index (χ0n) is 7.93. The summed E-state index contributed by atoms with van der Waals surface area (Å²) in [6.07, 6.45) is 0. The summed E-state index contributed by atoms with van der Waals surface area (Å²) in [5, 5.41) is 0.736. The molecule has 0 aliphatic carbocycles. The Kier molecular flexibility index (Phi) is 2.99. The zero-order chi connectivity index (χ0) is 11.7. The van der Waals surface area contributed by atoms with Crippen molar-refractivity contribution < 1.29 is 4.39 Å². The third kappa shape index (κ3) is 2.10. The number of aromatic amines is 1. The van der Waals surface area contributed by atoms with Gasteiger partial charge in [-0.3, -0.25) is 9.78 Å². The van der Waals surface area contributed by atoms with E-state index in [9.17, 15) is 9.18 Å². The molecule has 16 heavy (non-hydrogen) atoms. The summed E-state index contributed by atoms with van der Waals surface area (Å²) in [7, 11) is 0. The van der Waals surface area contributed by atoms with Gasteiger partial charge in [-0.05, 0) is 23.8 Å². The molecule has 0 bridgehead atoms.